The van der Waals surface area contributed by atoms with Crippen LogP contribution in [-0.4, -0.2) is 71.6 Å². The largest absolute Gasteiger partial charge is 0.490 e. The number of carbonyl (C=O) groups excluding carboxylic acids is 2. The fraction of sp³-hybridized carbons (Fsp3) is 0.348. The van der Waals surface area contributed by atoms with Crippen LogP contribution < -0.4 is 5.32 Å². The number of halogens is 4. The highest BCUT2D eigenvalue weighted by Crippen LogP contribution is 2.16. The standard InChI is InChI=1S/C21H24ClN3O2.C2HF3O2/c22-19-8-4-5-17(15-19)16-25(21(27)18-6-2-1-3-7-18)12-9-20(26)24-13-10-23-11-14-24;3-2(4,5)1(6)7/h1-8,15,23H,9-14,16H2;(H,6,7). The molecule has 0 spiro atoms. The molecule has 1 aliphatic heterocycles. The maximum Gasteiger partial charge on any atom is 0.490 e. The number of piperazine rings is 1. The molecule has 1 heterocycles. The summed E-state index contributed by atoms with van der Waals surface area (Å²) in [5, 5.41) is 11.0. The Morgan fingerprint density at radius 2 is 1.65 bits per heavy atom. The molecular formula is C23H25ClF3N3O4. The summed E-state index contributed by atoms with van der Waals surface area (Å²) in [5.74, 6) is -2.75. The summed E-state index contributed by atoms with van der Waals surface area (Å²) in [7, 11) is 0. The van der Waals surface area contributed by atoms with E-state index in [1.807, 2.05) is 47.4 Å². The Hall–Kier alpha value is -3.11. The van der Waals surface area contributed by atoms with Crippen LogP contribution in [-0.2, 0) is 16.1 Å². The highest BCUT2D eigenvalue weighted by atomic mass is 35.5. The number of nitrogens with one attached hydrogen (secondary N) is 1. The minimum Gasteiger partial charge on any atom is -0.475 e. The second kappa shape index (κ2) is 13.0. The van der Waals surface area contributed by atoms with Crippen molar-refractivity contribution in [3.05, 3.63) is 70.7 Å². The molecule has 34 heavy (non-hydrogen) atoms. The molecule has 0 aliphatic carbocycles. The van der Waals surface area contributed by atoms with Gasteiger partial charge in [0.05, 0.1) is 0 Å². The van der Waals surface area contributed by atoms with Crippen molar-refractivity contribution in [2.75, 3.05) is 32.7 Å². The third-order valence-electron chi connectivity index (χ3n) is 4.88. The van der Waals surface area contributed by atoms with Crippen LogP contribution in [0.15, 0.2) is 54.6 Å². The highest BCUT2D eigenvalue weighted by Gasteiger charge is 2.38. The minimum atomic E-state index is -5.08. The first-order valence-electron chi connectivity index (χ1n) is 10.5. The summed E-state index contributed by atoms with van der Waals surface area (Å²) in [6.45, 7) is 3.88. The molecule has 0 unspecified atom stereocenters. The maximum atomic E-state index is 13.0. The zero-order valence-electron chi connectivity index (χ0n) is 18.2. The van der Waals surface area contributed by atoms with Crippen LogP contribution in [0, 0.1) is 0 Å². The lowest BCUT2D eigenvalue weighted by Crippen LogP contribution is -2.47. The number of amides is 2. The monoisotopic (exact) mass is 499 g/mol. The first-order valence-corrected chi connectivity index (χ1v) is 10.8. The first-order chi connectivity index (χ1) is 16.1. The molecule has 3 rings (SSSR count). The van der Waals surface area contributed by atoms with Crippen LogP contribution in [0.1, 0.15) is 22.3 Å². The summed E-state index contributed by atoms with van der Waals surface area (Å²) in [4.78, 5) is 38.0. The molecule has 1 aliphatic rings. The quantitative estimate of drug-likeness (QED) is 0.635. The fourth-order valence-electron chi connectivity index (χ4n) is 3.17. The van der Waals surface area contributed by atoms with Crippen LogP contribution in [0.5, 0.6) is 0 Å². The third kappa shape index (κ3) is 9.03. The average Bonchev–Trinajstić information content (AvgIpc) is 2.82. The van der Waals surface area contributed by atoms with Crippen molar-refractivity contribution < 1.29 is 32.7 Å². The second-order valence-electron chi connectivity index (χ2n) is 7.41. The zero-order chi connectivity index (χ0) is 25.1. The highest BCUT2D eigenvalue weighted by molar-refractivity contribution is 6.30. The van der Waals surface area contributed by atoms with Gasteiger partial charge in [-0.05, 0) is 29.8 Å². The van der Waals surface area contributed by atoms with E-state index in [0.29, 0.717) is 30.1 Å². The van der Waals surface area contributed by atoms with E-state index in [-0.39, 0.29) is 11.8 Å². The molecule has 0 saturated carbocycles. The lowest BCUT2D eigenvalue weighted by atomic mass is 10.1. The third-order valence-corrected chi connectivity index (χ3v) is 5.11. The molecule has 11 heteroatoms. The fourth-order valence-corrected chi connectivity index (χ4v) is 3.39. The van der Waals surface area contributed by atoms with Crippen molar-refractivity contribution in [2.24, 2.45) is 0 Å². The molecule has 0 atom stereocenters. The van der Waals surface area contributed by atoms with Gasteiger partial charge in [0.15, 0.2) is 0 Å². The van der Waals surface area contributed by atoms with Gasteiger partial charge in [0, 0.05) is 56.3 Å². The summed E-state index contributed by atoms with van der Waals surface area (Å²) >= 11 is 6.08. The van der Waals surface area contributed by atoms with Gasteiger partial charge < -0.3 is 20.2 Å². The van der Waals surface area contributed by atoms with Gasteiger partial charge in [-0.3, -0.25) is 9.59 Å². The van der Waals surface area contributed by atoms with Crippen molar-refractivity contribution in [2.45, 2.75) is 19.1 Å². The summed E-state index contributed by atoms with van der Waals surface area (Å²) in [6.07, 6.45) is -4.76. The zero-order valence-corrected chi connectivity index (χ0v) is 19.0. The van der Waals surface area contributed by atoms with Gasteiger partial charge in [0.2, 0.25) is 5.91 Å². The molecule has 1 saturated heterocycles. The van der Waals surface area contributed by atoms with Gasteiger partial charge in [0.1, 0.15) is 0 Å². The predicted molar refractivity (Wildman–Crippen MR) is 120 cm³/mol. The van der Waals surface area contributed by atoms with Crippen molar-refractivity contribution in [3.8, 4) is 0 Å². The number of hydrogen-bond acceptors (Lipinski definition) is 4. The van der Waals surface area contributed by atoms with E-state index in [4.69, 9.17) is 21.5 Å². The summed E-state index contributed by atoms with van der Waals surface area (Å²) in [6, 6.07) is 16.6. The molecular weight excluding hydrogens is 475 g/mol. The lowest BCUT2D eigenvalue weighted by molar-refractivity contribution is -0.192. The topological polar surface area (TPSA) is 90.0 Å². The van der Waals surface area contributed by atoms with Crippen molar-refractivity contribution >= 4 is 29.4 Å². The van der Waals surface area contributed by atoms with E-state index in [1.165, 1.54) is 0 Å². The van der Waals surface area contributed by atoms with Gasteiger partial charge in [-0.2, -0.15) is 13.2 Å². The Morgan fingerprint density at radius 3 is 2.21 bits per heavy atom. The average molecular weight is 500 g/mol. The Bertz CT molecular complexity index is 967. The number of hydrogen-bond donors (Lipinski definition) is 2. The van der Waals surface area contributed by atoms with E-state index in [2.05, 4.69) is 5.32 Å². The van der Waals surface area contributed by atoms with E-state index < -0.39 is 12.1 Å². The van der Waals surface area contributed by atoms with Crippen molar-refractivity contribution in [1.82, 2.24) is 15.1 Å². The normalized spacial score (nSPS) is 13.5. The number of alkyl halides is 3. The Labute approximate surface area is 200 Å². The van der Waals surface area contributed by atoms with Gasteiger partial charge in [-0.25, -0.2) is 4.79 Å². The SMILES string of the molecule is O=C(CCN(Cc1cccc(Cl)c1)C(=O)c1ccccc1)N1CCNCC1.O=C(O)C(F)(F)F. The molecule has 1 fully saturated rings. The Balaban J connectivity index is 0.000000509. The van der Waals surface area contributed by atoms with E-state index in [0.717, 1.165) is 31.7 Å². The van der Waals surface area contributed by atoms with Gasteiger partial charge in [0.25, 0.3) is 5.91 Å². The predicted octanol–water partition coefficient (Wildman–Crippen LogP) is 3.44. The van der Waals surface area contributed by atoms with Crippen molar-refractivity contribution in [1.29, 1.82) is 0 Å². The minimum absolute atomic E-state index is 0.0799. The molecule has 2 aromatic rings. The smallest absolute Gasteiger partial charge is 0.475 e. The summed E-state index contributed by atoms with van der Waals surface area (Å²) < 4.78 is 31.7. The van der Waals surface area contributed by atoms with Crippen molar-refractivity contribution in [3.63, 3.8) is 0 Å². The lowest BCUT2D eigenvalue weighted by Gasteiger charge is -2.29. The van der Waals surface area contributed by atoms with E-state index in [9.17, 15) is 22.8 Å². The number of carboxylic acids is 1. The number of nitrogens with zero attached hydrogens (tertiary/aromatic N) is 2. The Kier molecular flexibility index (Phi) is 10.3. The molecule has 0 aromatic heterocycles. The van der Waals surface area contributed by atoms with Crippen LogP contribution in [0.4, 0.5) is 13.2 Å². The Morgan fingerprint density at radius 1 is 1.03 bits per heavy atom. The maximum absolute atomic E-state index is 13.0. The van der Waals surface area contributed by atoms with Crippen LogP contribution in [0.3, 0.4) is 0 Å². The number of carboxylic acid groups (broad SMARTS) is 1. The molecule has 2 amide bonds. The van der Waals surface area contributed by atoms with Gasteiger partial charge in [-0.15, -0.1) is 0 Å². The number of aliphatic carboxylic acids is 1. The van der Waals surface area contributed by atoms with Crippen LogP contribution >= 0.6 is 11.6 Å². The second-order valence-corrected chi connectivity index (χ2v) is 7.84. The van der Waals surface area contributed by atoms with Crippen LogP contribution in [0.2, 0.25) is 5.02 Å². The molecule has 7 nitrogen and oxygen atoms in total. The molecule has 184 valence electrons. The summed E-state index contributed by atoms with van der Waals surface area (Å²) in [5.41, 5.74) is 1.57. The number of carbonyl (C=O) groups is 3. The number of benzene rings is 2. The van der Waals surface area contributed by atoms with E-state index in [1.54, 1.807) is 17.0 Å². The number of rotatable bonds is 6. The molecule has 2 N–H and O–H groups in total. The van der Waals surface area contributed by atoms with Gasteiger partial charge in [-0.1, -0.05) is 41.9 Å². The van der Waals surface area contributed by atoms with Gasteiger partial charge >= 0.3 is 12.1 Å². The first kappa shape index (κ1) is 27.1. The molecule has 0 bridgehead atoms. The molecule has 0 radical (unpaired) electrons. The molecule has 2 aromatic carbocycles. The van der Waals surface area contributed by atoms with E-state index >= 15 is 0 Å². The van der Waals surface area contributed by atoms with Crippen LogP contribution in [0.25, 0.3) is 0 Å².